The summed E-state index contributed by atoms with van der Waals surface area (Å²) in [6, 6.07) is 7.42. The van der Waals surface area contributed by atoms with Gasteiger partial charge in [-0.25, -0.2) is 14.4 Å². The quantitative estimate of drug-likeness (QED) is 0.942. The maximum atomic E-state index is 12.9. The molecule has 23 heavy (non-hydrogen) atoms. The molecule has 3 rings (SSSR count). The summed E-state index contributed by atoms with van der Waals surface area (Å²) in [6.07, 6.45) is 2.36. The van der Waals surface area contributed by atoms with Crippen molar-refractivity contribution in [2.75, 3.05) is 18.0 Å². The first kappa shape index (κ1) is 15.4. The van der Waals surface area contributed by atoms with E-state index in [4.69, 9.17) is 0 Å². The number of aryl methyl sites for hydroxylation is 1. The monoisotopic (exact) mass is 314 g/mol. The minimum absolute atomic E-state index is 0.249. The highest BCUT2D eigenvalue weighted by Gasteiger charge is 2.15. The number of aromatic nitrogens is 2. The lowest BCUT2D eigenvalue weighted by atomic mass is 10.2. The molecule has 120 valence electrons. The molecule has 1 aliphatic heterocycles. The van der Waals surface area contributed by atoms with Crippen molar-refractivity contribution in [2.24, 2.45) is 0 Å². The molecule has 1 amide bonds. The fraction of sp³-hybridized carbons (Fsp3) is 0.353. The smallest absolute Gasteiger partial charge is 0.251 e. The van der Waals surface area contributed by atoms with E-state index >= 15 is 0 Å². The predicted molar refractivity (Wildman–Crippen MR) is 85.8 cm³/mol. The van der Waals surface area contributed by atoms with Crippen LogP contribution >= 0.6 is 0 Å². The van der Waals surface area contributed by atoms with Gasteiger partial charge in [0.25, 0.3) is 5.91 Å². The van der Waals surface area contributed by atoms with E-state index in [-0.39, 0.29) is 18.3 Å². The number of hydrogen-bond acceptors (Lipinski definition) is 4. The van der Waals surface area contributed by atoms with Gasteiger partial charge < -0.3 is 10.2 Å². The molecule has 0 radical (unpaired) electrons. The Kier molecular flexibility index (Phi) is 4.50. The molecule has 1 saturated heterocycles. The van der Waals surface area contributed by atoms with Crippen LogP contribution < -0.4 is 10.2 Å². The Labute approximate surface area is 134 Å². The largest absolute Gasteiger partial charge is 0.357 e. The molecule has 0 spiro atoms. The van der Waals surface area contributed by atoms with Gasteiger partial charge in [0.2, 0.25) is 0 Å². The molecule has 1 N–H and O–H groups in total. The number of benzene rings is 1. The number of carbonyl (C=O) groups is 1. The van der Waals surface area contributed by atoms with Crippen LogP contribution in [0.2, 0.25) is 0 Å². The summed E-state index contributed by atoms with van der Waals surface area (Å²) in [5, 5.41) is 2.77. The number of amides is 1. The summed E-state index contributed by atoms with van der Waals surface area (Å²) >= 11 is 0. The Bertz CT molecular complexity index is 696. The third-order valence-corrected chi connectivity index (χ3v) is 3.83. The number of anilines is 1. The van der Waals surface area contributed by atoms with E-state index in [0.29, 0.717) is 11.4 Å². The third kappa shape index (κ3) is 3.83. The summed E-state index contributed by atoms with van der Waals surface area (Å²) in [7, 11) is 0. The normalized spacial score (nSPS) is 14.1. The minimum atomic E-state index is -0.362. The number of carbonyl (C=O) groups excluding carboxylic acids is 1. The van der Waals surface area contributed by atoms with E-state index in [9.17, 15) is 9.18 Å². The first-order valence-corrected chi connectivity index (χ1v) is 7.75. The summed E-state index contributed by atoms with van der Waals surface area (Å²) in [6.45, 7) is 4.20. The molecule has 0 aliphatic carbocycles. The van der Waals surface area contributed by atoms with E-state index in [1.54, 1.807) is 0 Å². The van der Waals surface area contributed by atoms with Gasteiger partial charge in [0.05, 0.1) is 6.54 Å². The lowest BCUT2D eigenvalue weighted by Gasteiger charge is -2.17. The summed E-state index contributed by atoms with van der Waals surface area (Å²) in [4.78, 5) is 23.2. The molecule has 2 aromatic rings. The van der Waals surface area contributed by atoms with Crippen LogP contribution in [0.3, 0.4) is 0 Å². The summed E-state index contributed by atoms with van der Waals surface area (Å²) in [5.41, 5.74) is 1.30. The van der Waals surface area contributed by atoms with Crippen LogP contribution in [-0.4, -0.2) is 29.0 Å². The van der Waals surface area contributed by atoms with Crippen LogP contribution in [0.25, 0.3) is 0 Å². The van der Waals surface area contributed by atoms with Crippen LogP contribution in [-0.2, 0) is 6.54 Å². The molecule has 1 aromatic carbocycles. The van der Waals surface area contributed by atoms with Crippen molar-refractivity contribution in [1.29, 1.82) is 0 Å². The fourth-order valence-corrected chi connectivity index (χ4v) is 2.66. The molecule has 1 aliphatic rings. The van der Waals surface area contributed by atoms with E-state index in [1.807, 2.05) is 13.0 Å². The van der Waals surface area contributed by atoms with Gasteiger partial charge in [-0.1, -0.05) is 0 Å². The number of nitrogens with one attached hydrogen (secondary N) is 1. The number of hydrogen-bond donors (Lipinski definition) is 1. The second-order valence-electron chi connectivity index (χ2n) is 5.67. The Morgan fingerprint density at radius 1 is 1.22 bits per heavy atom. The van der Waals surface area contributed by atoms with Crippen LogP contribution in [0.4, 0.5) is 10.2 Å². The molecule has 0 saturated carbocycles. The molecule has 6 heteroatoms. The number of nitrogens with zero attached hydrogens (tertiary/aromatic N) is 3. The van der Waals surface area contributed by atoms with Gasteiger partial charge >= 0.3 is 0 Å². The van der Waals surface area contributed by atoms with Crippen molar-refractivity contribution in [3.8, 4) is 0 Å². The van der Waals surface area contributed by atoms with E-state index in [1.165, 1.54) is 37.1 Å². The molecule has 0 bridgehead atoms. The molecule has 0 atom stereocenters. The molecule has 5 nitrogen and oxygen atoms in total. The zero-order valence-corrected chi connectivity index (χ0v) is 13.1. The first-order chi connectivity index (χ1) is 11.1. The second kappa shape index (κ2) is 6.73. The van der Waals surface area contributed by atoms with Gasteiger partial charge in [0, 0.05) is 30.4 Å². The van der Waals surface area contributed by atoms with Crippen LogP contribution in [0.1, 0.15) is 34.7 Å². The van der Waals surface area contributed by atoms with Crippen LogP contribution in [0.15, 0.2) is 30.3 Å². The summed E-state index contributed by atoms with van der Waals surface area (Å²) in [5.74, 6) is 0.875. The highest BCUT2D eigenvalue weighted by Crippen LogP contribution is 2.18. The average Bonchev–Trinajstić information content (AvgIpc) is 3.07. The standard InChI is InChI=1S/C17H19FN4O/c1-12-10-16(22-8-2-3-9-22)21-15(20-12)11-19-17(23)13-4-6-14(18)7-5-13/h4-7,10H,2-3,8-9,11H2,1H3,(H,19,23). The average molecular weight is 314 g/mol. The third-order valence-electron chi connectivity index (χ3n) is 3.83. The maximum Gasteiger partial charge on any atom is 0.251 e. The first-order valence-electron chi connectivity index (χ1n) is 7.75. The molecular formula is C17H19FN4O. The Hall–Kier alpha value is -2.50. The number of rotatable bonds is 4. The van der Waals surface area contributed by atoms with Crippen molar-refractivity contribution >= 4 is 11.7 Å². The fourth-order valence-electron chi connectivity index (χ4n) is 2.66. The molecule has 0 unspecified atom stereocenters. The predicted octanol–water partition coefficient (Wildman–Crippen LogP) is 2.45. The van der Waals surface area contributed by atoms with E-state index < -0.39 is 0 Å². The van der Waals surface area contributed by atoms with Gasteiger partial charge in [-0.15, -0.1) is 0 Å². The SMILES string of the molecule is Cc1cc(N2CCCC2)nc(CNC(=O)c2ccc(F)cc2)n1. The van der Waals surface area contributed by atoms with Crippen molar-refractivity contribution in [1.82, 2.24) is 15.3 Å². The van der Waals surface area contributed by atoms with Gasteiger partial charge in [-0.3, -0.25) is 4.79 Å². The second-order valence-corrected chi connectivity index (χ2v) is 5.67. The van der Waals surface area contributed by atoms with Crippen molar-refractivity contribution in [3.63, 3.8) is 0 Å². The lowest BCUT2D eigenvalue weighted by molar-refractivity contribution is 0.0950. The zero-order chi connectivity index (χ0) is 16.2. The molecule has 2 heterocycles. The van der Waals surface area contributed by atoms with Gasteiger partial charge in [-0.05, 0) is 44.0 Å². The molecular weight excluding hydrogens is 295 g/mol. The van der Waals surface area contributed by atoms with Crippen LogP contribution in [0.5, 0.6) is 0 Å². The topological polar surface area (TPSA) is 58.1 Å². The Balaban J connectivity index is 1.67. The Morgan fingerprint density at radius 2 is 1.91 bits per heavy atom. The van der Waals surface area contributed by atoms with E-state index in [2.05, 4.69) is 20.2 Å². The van der Waals surface area contributed by atoms with E-state index in [0.717, 1.165) is 24.6 Å². The highest BCUT2D eigenvalue weighted by atomic mass is 19.1. The minimum Gasteiger partial charge on any atom is -0.357 e. The zero-order valence-electron chi connectivity index (χ0n) is 13.1. The highest BCUT2D eigenvalue weighted by molar-refractivity contribution is 5.94. The van der Waals surface area contributed by atoms with Crippen molar-refractivity contribution in [2.45, 2.75) is 26.3 Å². The van der Waals surface area contributed by atoms with Crippen LogP contribution in [0, 0.1) is 12.7 Å². The summed E-state index contributed by atoms with van der Waals surface area (Å²) < 4.78 is 12.9. The van der Waals surface area contributed by atoms with Crippen molar-refractivity contribution in [3.05, 3.63) is 53.2 Å². The molecule has 1 aromatic heterocycles. The van der Waals surface area contributed by atoms with Gasteiger partial charge in [0.1, 0.15) is 17.5 Å². The van der Waals surface area contributed by atoms with Gasteiger partial charge in [0.15, 0.2) is 0 Å². The Morgan fingerprint density at radius 3 is 2.61 bits per heavy atom. The maximum absolute atomic E-state index is 12.9. The van der Waals surface area contributed by atoms with Crippen molar-refractivity contribution < 1.29 is 9.18 Å². The lowest BCUT2D eigenvalue weighted by Crippen LogP contribution is -2.25. The van der Waals surface area contributed by atoms with Gasteiger partial charge in [-0.2, -0.15) is 0 Å². The number of halogens is 1. The molecule has 1 fully saturated rings.